The summed E-state index contributed by atoms with van der Waals surface area (Å²) in [5.74, 6) is -3.74. The van der Waals surface area contributed by atoms with Crippen LogP contribution in [0.3, 0.4) is 0 Å². The van der Waals surface area contributed by atoms with Crippen molar-refractivity contribution in [2.75, 3.05) is 6.54 Å². The molecule has 0 spiro atoms. The van der Waals surface area contributed by atoms with E-state index in [9.17, 15) is 13.2 Å². The van der Waals surface area contributed by atoms with E-state index in [2.05, 4.69) is 27.9 Å². The number of nitrogens with one attached hydrogen (secondary N) is 1. The Labute approximate surface area is 135 Å². The van der Waals surface area contributed by atoms with Crippen LogP contribution in [-0.2, 0) is 0 Å². The highest BCUT2D eigenvalue weighted by molar-refractivity contribution is 14.1. The van der Waals surface area contributed by atoms with Crippen molar-refractivity contribution in [1.29, 1.82) is 0 Å². The average molecular weight is 405 g/mol. The summed E-state index contributed by atoms with van der Waals surface area (Å²) in [6.45, 7) is 2.63. The summed E-state index contributed by atoms with van der Waals surface area (Å²) >= 11 is 2.15. The molecule has 2 aromatic carbocycles. The van der Waals surface area contributed by atoms with Gasteiger partial charge < -0.3 is 5.32 Å². The molecule has 0 fully saturated rings. The molecule has 0 aliphatic rings. The predicted molar refractivity (Wildman–Crippen MR) is 85.6 cm³/mol. The Balaban J connectivity index is 2.51. The number of rotatable bonds is 5. The van der Waals surface area contributed by atoms with Crippen molar-refractivity contribution in [2.24, 2.45) is 0 Å². The molecule has 1 unspecified atom stereocenters. The van der Waals surface area contributed by atoms with Gasteiger partial charge in [0.05, 0.1) is 6.04 Å². The largest absolute Gasteiger partial charge is 0.306 e. The molecule has 1 atom stereocenters. The molecular formula is C16H15F3IN. The Kier molecular flexibility index (Phi) is 5.64. The first-order valence-electron chi connectivity index (χ1n) is 6.67. The van der Waals surface area contributed by atoms with Crippen molar-refractivity contribution >= 4 is 22.6 Å². The minimum absolute atomic E-state index is 0.117. The van der Waals surface area contributed by atoms with Crippen LogP contribution in [0.2, 0.25) is 0 Å². The number of hydrogen-bond donors (Lipinski definition) is 1. The molecular weight excluding hydrogens is 390 g/mol. The van der Waals surface area contributed by atoms with Crippen LogP contribution in [0.15, 0.2) is 36.4 Å². The SMILES string of the molecule is CCCNC(c1ccccc1I)c1ccc(F)c(F)c1F. The van der Waals surface area contributed by atoms with Crippen LogP contribution < -0.4 is 5.32 Å². The number of benzene rings is 2. The van der Waals surface area contributed by atoms with E-state index in [1.165, 1.54) is 6.07 Å². The highest BCUT2D eigenvalue weighted by Gasteiger charge is 2.23. The molecule has 5 heteroatoms. The summed E-state index contributed by atoms with van der Waals surface area (Å²) in [6.07, 6.45) is 0.852. The number of halogens is 4. The highest BCUT2D eigenvalue weighted by atomic mass is 127. The first-order valence-corrected chi connectivity index (χ1v) is 7.75. The fourth-order valence-electron chi connectivity index (χ4n) is 2.15. The van der Waals surface area contributed by atoms with Crippen LogP contribution in [0.4, 0.5) is 13.2 Å². The molecule has 0 saturated heterocycles. The second-order valence-corrected chi connectivity index (χ2v) is 5.84. The van der Waals surface area contributed by atoms with E-state index in [-0.39, 0.29) is 5.56 Å². The zero-order valence-electron chi connectivity index (χ0n) is 11.5. The molecule has 0 radical (unpaired) electrons. The molecule has 0 saturated carbocycles. The maximum absolute atomic E-state index is 14.1. The maximum atomic E-state index is 14.1. The fourth-order valence-corrected chi connectivity index (χ4v) is 2.85. The van der Waals surface area contributed by atoms with Crippen LogP contribution in [0.25, 0.3) is 0 Å². The molecule has 0 aromatic heterocycles. The van der Waals surface area contributed by atoms with Crippen LogP contribution in [-0.4, -0.2) is 6.54 Å². The molecule has 0 aliphatic heterocycles. The Morgan fingerprint density at radius 3 is 2.38 bits per heavy atom. The van der Waals surface area contributed by atoms with Crippen LogP contribution in [0.5, 0.6) is 0 Å². The van der Waals surface area contributed by atoms with Crippen molar-refractivity contribution in [2.45, 2.75) is 19.4 Å². The lowest BCUT2D eigenvalue weighted by molar-refractivity contribution is 0.432. The Bertz CT molecular complexity index is 631. The minimum atomic E-state index is -1.43. The molecule has 0 heterocycles. The van der Waals surface area contributed by atoms with Gasteiger partial charge in [-0.3, -0.25) is 0 Å². The monoisotopic (exact) mass is 405 g/mol. The Hall–Kier alpha value is -1.08. The molecule has 2 aromatic rings. The minimum Gasteiger partial charge on any atom is -0.306 e. The molecule has 0 amide bonds. The second kappa shape index (κ2) is 7.26. The molecule has 112 valence electrons. The molecule has 0 aliphatic carbocycles. The third-order valence-corrected chi connectivity index (χ3v) is 4.17. The van der Waals surface area contributed by atoms with Gasteiger partial charge in [0.15, 0.2) is 17.5 Å². The van der Waals surface area contributed by atoms with E-state index < -0.39 is 23.5 Å². The van der Waals surface area contributed by atoms with Crippen molar-refractivity contribution in [3.8, 4) is 0 Å². The van der Waals surface area contributed by atoms with Crippen molar-refractivity contribution in [1.82, 2.24) is 5.32 Å². The summed E-state index contributed by atoms with van der Waals surface area (Å²) in [4.78, 5) is 0. The smallest absolute Gasteiger partial charge is 0.194 e. The van der Waals surface area contributed by atoms with E-state index in [1.54, 1.807) is 0 Å². The first kappa shape index (κ1) is 16.3. The molecule has 21 heavy (non-hydrogen) atoms. The summed E-state index contributed by atoms with van der Waals surface area (Å²) in [6, 6.07) is 9.23. The third-order valence-electron chi connectivity index (χ3n) is 3.19. The zero-order chi connectivity index (χ0) is 15.4. The summed E-state index contributed by atoms with van der Waals surface area (Å²) in [5, 5.41) is 3.20. The van der Waals surface area contributed by atoms with Crippen LogP contribution in [0, 0.1) is 21.0 Å². The Morgan fingerprint density at radius 2 is 1.71 bits per heavy atom. The van der Waals surface area contributed by atoms with Gasteiger partial charge >= 0.3 is 0 Å². The normalized spacial score (nSPS) is 12.4. The van der Waals surface area contributed by atoms with Gasteiger partial charge in [0.2, 0.25) is 0 Å². The van der Waals surface area contributed by atoms with Gasteiger partial charge in [-0.1, -0.05) is 31.2 Å². The van der Waals surface area contributed by atoms with Gasteiger partial charge in [-0.2, -0.15) is 0 Å². The first-order chi connectivity index (χ1) is 10.1. The van der Waals surface area contributed by atoms with Crippen molar-refractivity contribution in [3.05, 3.63) is 68.5 Å². The quantitative estimate of drug-likeness (QED) is 0.557. The van der Waals surface area contributed by atoms with Gasteiger partial charge in [0.25, 0.3) is 0 Å². The highest BCUT2D eigenvalue weighted by Crippen LogP contribution is 2.29. The molecule has 2 rings (SSSR count). The van der Waals surface area contributed by atoms with E-state index >= 15 is 0 Å². The van der Waals surface area contributed by atoms with E-state index in [1.807, 2.05) is 31.2 Å². The lowest BCUT2D eigenvalue weighted by Crippen LogP contribution is -2.25. The summed E-state index contributed by atoms with van der Waals surface area (Å²) < 4.78 is 41.7. The second-order valence-electron chi connectivity index (χ2n) is 4.67. The van der Waals surface area contributed by atoms with Gasteiger partial charge in [0, 0.05) is 9.13 Å². The summed E-state index contributed by atoms with van der Waals surface area (Å²) in [5.41, 5.74) is 0.961. The van der Waals surface area contributed by atoms with Gasteiger partial charge in [-0.25, -0.2) is 13.2 Å². The van der Waals surface area contributed by atoms with Crippen molar-refractivity contribution < 1.29 is 13.2 Å². The standard InChI is InChI=1S/C16H15F3IN/c1-2-9-21-16(10-5-3-4-6-13(10)20)11-7-8-12(17)15(19)14(11)18/h3-8,16,21H,2,9H2,1H3. The molecule has 1 nitrogen and oxygen atoms in total. The molecule has 1 N–H and O–H groups in total. The van der Waals surface area contributed by atoms with Gasteiger partial charge in [-0.15, -0.1) is 0 Å². The maximum Gasteiger partial charge on any atom is 0.194 e. The lowest BCUT2D eigenvalue weighted by Gasteiger charge is -2.21. The van der Waals surface area contributed by atoms with Crippen molar-refractivity contribution in [3.63, 3.8) is 0 Å². The van der Waals surface area contributed by atoms with E-state index in [0.717, 1.165) is 21.6 Å². The van der Waals surface area contributed by atoms with Crippen LogP contribution in [0.1, 0.15) is 30.5 Å². The van der Waals surface area contributed by atoms with E-state index in [4.69, 9.17) is 0 Å². The lowest BCUT2D eigenvalue weighted by atomic mass is 9.97. The van der Waals surface area contributed by atoms with Gasteiger partial charge in [-0.05, 0) is 53.3 Å². The third kappa shape index (κ3) is 3.58. The average Bonchev–Trinajstić information content (AvgIpc) is 2.48. The zero-order valence-corrected chi connectivity index (χ0v) is 13.6. The Morgan fingerprint density at radius 1 is 1.00 bits per heavy atom. The van der Waals surface area contributed by atoms with Gasteiger partial charge in [0.1, 0.15) is 0 Å². The predicted octanol–water partition coefficient (Wildman–Crippen LogP) is 4.80. The molecule has 0 bridgehead atoms. The van der Waals surface area contributed by atoms with Crippen LogP contribution >= 0.6 is 22.6 Å². The summed E-state index contributed by atoms with van der Waals surface area (Å²) in [7, 11) is 0. The fraction of sp³-hybridized carbons (Fsp3) is 0.250. The topological polar surface area (TPSA) is 12.0 Å². The number of hydrogen-bond acceptors (Lipinski definition) is 1. The van der Waals surface area contributed by atoms with E-state index in [0.29, 0.717) is 6.54 Å².